The Hall–Kier alpha value is -4.67. The standard InChI is InChI=1S/C15H23N5O4.C9H18N2O2.C5H7N3O/c1-11(21)16-12-5-6-20(17-12)13(22)18-7-9-19(10-8-18)14(23)24-15(2,3)4;1-9(2,3)13-8(12)11-6-4-10-5-7-11;1-4(9)7-5-2-3-6-8-5/h5-6H,7-10H2,1-4H3,(H,16,17,21);10H,4-7H2,1-3H3;2-3H,1H3,(H2,6,7,8,9). The lowest BCUT2D eigenvalue weighted by Crippen LogP contribution is -2.52. The van der Waals surface area contributed by atoms with E-state index >= 15 is 0 Å². The number of hydrogen-bond acceptors (Lipinski definition) is 10. The fourth-order valence-corrected chi connectivity index (χ4v) is 3.92. The number of carbonyl (C=O) groups is 5. The Labute approximate surface area is 269 Å². The normalized spacial score (nSPS) is 14.9. The average Bonchev–Trinajstić information content (AvgIpc) is 3.64. The number of piperazine rings is 2. The Bertz CT molecular complexity index is 1280. The van der Waals surface area contributed by atoms with Crippen LogP contribution in [0.25, 0.3) is 0 Å². The van der Waals surface area contributed by atoms with Crippen LogP contribution in [0.2, 0.25) is 0 Å². The van der Waals surface area contributed by atoms with E-state index in [0.29, 0.717) is 37.8 Å². The number of aromatic nitrogens is 4. The van der Waals surface area contributed by atoms with Crippen molar-refractivity contribution >= 4 is 41.7 Å². The van der Waals surface area contributed by atoms with Gasteiger partial charge >= 0.3 is 18.2 Å². The van der Waals surface area contributed by atoms with Crippen molar-refractivity contribution in [3.05, 3.63) is 24.5 Å². The van der Waals surface area contributed by atoms with Gasteiger partial charge in [-0.1, -0.05) is 0 Å². The average molecular weight is 649 g/mol. The molecule has 17 nitrogen and oxygen atoms in total. The summed E-state index contributed by atoms with van der Waals surface area (Å²) in [6.07, 6.45) is 2.50. The summed E-state index contributed by atoms with van der Waals surface area (Å²) in [5, 5.41) is 18.5. The van der Waals surface area contributed by atoms with Crippen molar-refractivity contribution in [1.29, 1.82) is 0 Å². The number of aromatic amines is 1. The summed E-state index contributed by atoms with van der Waals surface area (Å²) in [7, 11) is 0. The van der Waals surface area contributed by atoms with Crippen LogP contribution in [0.1, 0.15) is 55.4 Å². The Kier molecular flexibility index (Phi) is 14.0. The van der Waals surface area contributed by atoms with E-state index in [1.54, 1.807) is 33.0 Å². The number of carbonyl (C=O) groups excluding carboxylic acids is 5. The van der Waals surface area contributed by atoms with Crippen molar-refractivity contribution in [3.8, 4) is 0 Å². The summed E-state index contributed by atoms with van der Waals surface area (Å²) in [5.74, 6) is 0.601. The first kappa shape index (κ1) is 37.5. The maximum atomic E-state index is 12.4. The van der Waals surface area contributed by atoms with Gasteiger partial charge in [0.15, 0.2) is 5.82 Å². The number of amides is 5. The number of anilines is 2. The van der Waals surface area contributed by atoms with E-state index in [1.807, 2.05) is 41.5 Å². The second kappa shape index (κ2) is 17.1. The first-order chi connectivity index (χ1) is 21.4. The fraction of sp³-hybridized carbons (Fsp3) is 0.621. The molecule has 4 N–H and O–H groups in total. The van der Waals surface area contributed by atoms with Gasteiger partial charge in [-0.3, -0.25) is 14.7 Å². The van der Waals surface area contributed by atoms with Crippen LogP contribution in [-0.4, -0.2) is 128 Å². The van der Waals surface area contributed by atoms with Crippen LogP contribution in [0, 0.1) is 0 Å². The highest BCUT2D eigenvalue weighted by molar-refractivity contribution is 5.88. The monoisotopic (exact) mass is 648 g/mol. The largest absolute Gasteiger partial charge is 0.444 e. The maximum Gasteiger partial charge on any atom is 0.410 e. The van der Waals surface area contributed by atoms with Gasteiger partial charge < -0.3 is 40.1 Å². The van der Waals surface area contributed by atoms with E-state index in [1.165, 1.54) is 24.7 Å². The van der Waals surface area contributed by atoms with Crippen molar-refractivity contribution < 1.29 is 33.4 Å². The molecule has 17 heteroatoms. The lowest BCUT2D eigenvalue weighted by molar-refractivity contribution is -0.115. The predicted octanol–water partition coefficient (Wildman–Crippen LogP) is 2.56. The third kappa shape index (κ3) is 14.4. The molecule has 2 aliphatic rings. The molecule has 0 atom stereocenters. The quantitative estimate of drug-likeness (QED) is 0.376. The van der Waals surface area contributed by atoms with E-state index in [-0.39, 0.29) is 35.6 Å². The van der Waals surface area contributed by atoms with Crippen LogP contribution in [0.3, 0.4) is 0 Å². The minimum Gasteiger partial charge on any atom is -0.444 e. The van der Waals surface area contributed by atoms with Gasteiger partial charge in [-0.15, -0.1) is 5.10 Å². The van der Waals surface area contributed by atoms with Crippen LogP contribution in [-0.2, 0) is 19.1 Å². The molecule has 2 aliphatic heterocycles. The molecule has 0 unspecified atom stereocenters. The van der Waals surface area contributed by atoms with Crippen molar-refractivity contribution in [3.63, 3.8) is 0 Å². The smallest absolute Gasteiger partial charge is 0.410 e. The van der Waals surface area contributed by atoms with Crippen molar-refractivity contribution in [2.24, 2.45) is 0 Å². The minimum absolute atomic E-state index is 0.0979. The Balaban J connectivity index is 0.000000278. The zero-order valence-corrected chi connectivity index (χ0v) is 28.0. The van der Waals surface area contributed by atoms with Crippen LogP contribution in [0.15, 0.2) is 24.5 Å². The van der Waals surface area contributed by atoms with Gasteiger partial charge in [-0.05, 0) is 41.5 Å². The number of nitrogens with zero attached hydrogens (tertiary/aromatic N) is 6. The van der Waals surface area contributed by atoms with E-state index in [2.05, 4.69) is 31.2 Å². The van der Waals surface area contributed by atoms with Crippen molar-refractivity contribution in [2.45, 2.75) is 66.6 Å². The lowest BCUT2D eigenvalue weighted by atomic mass is 10.2. The summed E-state index contributed by atoms with van der Waals surface area (Å²) >= 11 is 0. The first-order valence-corrected chi connectivity index (χ1v) is 15.0. The second-order valence-corrected chi connectivity index (χ2v) is 12.4. The Morgan fingerprint density at radius 2 is 1.24 bits per heavy atom. The zero-order chi connectivity index (χ0) is 34.5. The highest BCUT2D eigenvalue weighted by Crippen LogP contribution is 2.13. The van der Waals surface area contributed by atoms with Crippen LogP contribution < -0.4 is 16.0 Å². The third-order valence-corrected chi connectivity index (χ3v) is 5.87. The highest BCUT2D eigenvalue weighted by Gasteiger charge is 2.28. The molecular weight excluding hydrogens is 600 g/mol. The van der Waals surface area contributed by atoms with E-state index in [9.17, 15) is 24.0 Å². The summed E-state index contributed by atoms with van der Waals surface area (Å²) in [4.78, 5) is 62.1. The molecule has 0 aromatic carbocycles. The minimum atomic E-state index is -0.542. The topological polar surface area (TPSA) is 196 Å². The summed E-state index contributed by atoms with van der Waals surface area (Å²) in [6, 6.07) is 2.94. The SMILES string of the molecule is CC(=O)Nc1ccn(C(=O)N2CCN(C(=O)OC(C)(C)C)CC2)n1.CC(=O)Nc1ccn[nH]1.CC(C)(C)OC(=O)N1CCNCC1. The molecule has 5 amide bonds. The Morgan fingerprint density at radius 1 is 0.739 bits per heavy atom. The molecule has 256 valence electrons. The maximum absolute atomic E-state index is 12.4. The number of nitrogens with one attached hydrogen (secondary N) is 4. The van der Waals surface area contributed by atoms with Crippen molar-refractivity contribution in [1.82, 2.24) is 40.0 Å². The molecular formula is C29H48N10O7. The molecule has 0 saturated carbocycles. The zero-order valence-electron chi connectivity index (χ0n) is 28.0. The lowest BCUT2D eigenvalue weighted by Gasteiger charge is -2.35. The number of rotatable bonds is 2. The van der Waals surface area contributed by atoms with Crippen LogP contribution in [0.5, 0.6) is 0 Å². The van der Waals surface area contributed by atoms with E-state index in [0.717, 1.165) is 26.2 Å². The van der Waals surface area contributed by atoms with Gasteiger partial charge in [0.1, 0.15) is 17.0 Å². The molecule has 0 spiro atoms. The molecule has 2 fully saturated rings. The highest BCUT2D eigenvalue weighted by atomic mass is 16.6. The van der Waals surface area contributed by atoms with Gasteiger partial charge in [-0.25, -0.2) is 14.4 Å². The summed E-state index contributed by atoms with van der Waals surface area (Å²) in [6.45, 7) is 18.7. The first-order valence-electron chi connectivity index (χ1n) is 15.0. The molecule has 0 radical (unpaired) electrons. The predicted molar refractivity (Wildman–Crippen MR) is 170 cm³/mol. The molecule has 2 aromatic heterocycles. The summed E-state index contributed by atoms with van der Waals surface area (Å²) in [5.41, 5.74) is -0.929. The van der Waals surface area contributed by atoms with Gasteiger partial charge in [0.2, 0.25) is 11.8 Å². The molecule has 4 heterocycles. The van der Waals surface area contributed by atoms with Crippen molar-refractivity contribution in [2.75, 3.05) is 63.0 Å². The number of hydrogen-bond donors (Lipinski definition) is 4. The third-order valence-electron chi connectivity index (χ3n) is 5.87. The Morgan fingerprint density at radius 3 is 1.70 bits per heavy atom. The molecule has 4 rings (SSSR count). The van der Waals surface area contributed by atoms with Gasteiger partial charge in [0.25, 0.3) is 0 Å². The molecule has 2 aromatic rings. The number of H-pyrrole nitrogens is 1. The summed E-state index contributed by atoms with van der Waals surface area (Å²) < 4.78 is 11.7. The molecule has 0 bridgehead atoms. The molecule has 0 aliphatic carbocycles. The van der Waals surface area contributed by atoms with E-state index < -0.39 is 5.60 Å². The molecule has 46 heavy (non-hydrogen) atoms. The second-order valence-electron chi connectivity index (χ2n) is 12.4. The van der Waals surface area contributed by atoms with Gasteiger partial charge in [0, 0.05) is 84.5 Å². The van der Waals surface area contributed by atoms with Crippen LogP contribution >= 0.6 is 0 Å². The van der Waals surface area contributed by atoms with Gasteiger partial charge in [0.05, 0.1) is 6.20 Å². The molecule has 2 saturated heterocycles. The van der Waals surface area contributed by atoms with E-state index in [4.69, 9.17) is 9.47 Å². The van der Waals surface area contributed by atoms with Crippen LogP contribution in [0.4, 0.5) is 26.0 Å². The van der Waals surface area contributed by atoms with Gasteiger partial charge in [-0.2, -0.15) is 9.78 Å². The fourth-order valence-electron chi connectivity index (χ4n) is 3.92. The number of ether oxygens (including phenoxy) is 2.